The lowest BCUT2D eigenvalue weighted by atomic mass is 10.1. The number of aromatic nitrogens is 1. The molecule has 2 aromatic carbocycles. The van der Waals surface area contributed by atoms with Crippen LogP contribution < -0.4 is 19.0 Å². The molecule has 2 heterocycles. The Hall–Kier alpha value is -4.38. The fourth-order valence-electron chi connectivity index (χ4n) is 3.08. The van der Waals surface area contributed by atoms with Crippen LogP contribution in [0.3, 0.4) is 0 Å². The van der Waals surface area contributed by atoms with Gasteiger partial charge >= 0.3 is 5.88 Å². The van der Waals surface area contributed by atoms with Crippen LogP contribution in [0.5, 0.6) is 17.2 Å². The fraction of sp³-hybridized carbons (Fsp3) is 0.130. The number of nitrogens with zero attached hydrogens (tertiary/aromatic N) is 4. The molecule has 4 rings (SSSR count). The fourth-order valence-corrected chi connectivity index (χ4v) is 3.93. The molecule has 34 heavy (non-hydrogen) atoms. The topological polar surface area (TPSA) is 114 Å². The molecular formula is C23H20N4O6S. The Balaban J connectivity index is 1.86. The van der Waals surface area contributed by atoms with E-state index in [0.717, 1.165) is 11.3 Å². The van der Waals surface area contributed by atoms with E-state index in [-0.39, 0.29) is 11.6 Å². The molecule has 0 unspecified atom stereocenters. The van der Waals surface area contributed by atoms with Crippen molar-refractivity contribution in [2.75, 3.05) is 21.3 Å². The predicted octanol–water partition coefficient (Wildman–Crippen LogP) is 4.86. The first-order valence-electron chi connectivity index (χ1n) is 9.92. The van der Waals surface area contributed by atoms with E-state index in [1.165, 1.54) is 29.7 Å². The number of nitro groups is 1. The maximum absolute atomic E-state index is 10.9. The number of benzene rings is 2. The maximum atomic E-state index is 10.9. The second kappa shape index (κ2) is 10.0. The molecule has 0 N–H and O–H groups in total. The van der Waals surface area contributed by atoms with Gasteiger partial charge in [-0.15, -0.1) is 11.3 Å². The van der Waals surface area contributed by atoms with Gasteiger partial charge < -0.3 is 18.6 Å². The minimum atomic E-state index is -0.605. The highest BCUT2D eigenvalue weighted by Crippen LogP contribution is 2.34. The van der Waals surface area contributed by atoms with Crippen molar-refractivity contribution in [3.63, 3.8) is 0 Å². The van der Waals surface area contributed by atoms with Crippen LogP contribution in [0, 0.1) is 10.1 Å². The molecule has 0 aliphatic rings. The molecule has 0 atom stereocenters. The van der Waals surface area contributed by atoms with Gasteiger partial charge in [0.2, 0.25) is 4.80 Å². The number of methoxy groups -OCH3 is 3. The van der Waals surface area contributed by atoms with Gasteiger partial charge in [-0.3, -0.25) is 10.1 Å². The molecule has 0 aliphatic carbocycles. The lowest BCUT2D eigenvalue weighted by molar-refractivity contribution is -0.402. The Morgan fingerprint density at radius 1 is 1.00 bits per heavy atom. The summed E-state index contributed by atoms with van der Waals surface area (Å²) in [6.07, 6.45) is 1.39. The Bertz CT molecular complexity index is 1400. The van der Waals surface area contributed by atoms with Crippen LogP contribution in [0.1, 0.15) is 5.76 Å². The van der Waals surface area contributed by atoms with Crippen LogP contribution >= 0.6 is 11.3 Å². The van der Waals surface area contributed by atoms with Gasteiger partial charge in [-0.2, -0.15) is 5.10 Å². The summed E-state index contributed by atoms with van der Waals surface area (Å²) >= 11 is 1.37. The van der Waals surface area contributed by atoms with E-state index in [1.54, 1.807) is 38.1 Å². The normalized spacial score (nSPS) is 11.7. The van der Waals surface area contributed by atoms with Gasteiger partial charge in [0.1, 0.15) is 22.2 Å². The van der Waals surface area contributed by atoms with Crippen molar-refractivity contribution < 1.29 is 23.6 Å². The zero-order valence-electron chi connectivity index (χ0n) is 18.5. The largest absolute Gasteiger partial charge is 0.497 e. The summed E-state index contributed by atoms with van der Waals surface area (Å²) in [6, 6.07) is 15.5. The zero-order valence-corrected chi connectivity index (χ0v) is 19.3. The van der Waals surface area contributed by atoms with Crippen LogP contribution in [0.4, 0.5) is 11.6 Å². The van der Waals surface area contributed by atoms with Gasteiger partial charge in [-0.05, 0) is 48.5 Å². The zero-order chi connectivity index (χ0) is 24.1. The van der Waals surface area contributed by atoms with Gasteiger partial charge in [-0.25, -0.2) is 9.67 Å². The van der Waals surface area contributed by atoms with Crippen LogP contribution in [0.15, 0.2) is 74.5 Å². The second-order valence-corrected chi connectivity index (χ2v) is 7.61. The Kier molecular flexibility index (Phi) is 6.74. The van der Waals surface area contributed by atoms with Crippen LogP contribution in [-0.2, 0) is 0 Å². The molecule has 0 bridgehead atoms. The monoisotopic (exact) mass is 480 g/mol. The minimum absolute atomic E-state index is 0.226. The first-order valence-corrected chi connectivity index (χ1v) is 10.8. The third-order valence-corrected chi connectivity index (χ3v) is 5.57. The average molecular weight is 481 g/mol. The summed E-state index contributed by atoms with van der Waals surface area (Å²) in [5.74, 6) is 1.84. The molecule has 4 aromatic rings. The molecule has 174 valence electrons. The molecule has 0 spiro atoms. The van der Waals surface area contributed by atoms with Gasteiger partial charge in [0.25, 0.3) is 0 Å². The van der Waals surface area contributed by atoms with E-state index >= 15 is 0 Å². The molecule has 0 saturated heterocycles. The molecule has 0 fully saturated rings. The van der Waals surface area contributed by atoms with Gasteiger partial charge in [0.15, 0.2) is 5.76 Å². The van der Waals surface area contributed by atoms with Crippen LogP contribution in [0.2, 0.25) is 0 Å². The van der Waals surface area contributed by atoms with E-state index in [9.17, 15) is 10.1 Å². The number of rotatable bonds is 8. The minimum Gasteiger partial charge on any atom is -0.497 e. The van der Waals surface area contributed by atoms with Crippen molar-refractivity contribution in [3.8, 4) is 28.5 Å². The lowest BCUT2D eigenvalue weighted by Gasteiger charge is -2.11. The lowest BCUT2D eigenvalue weighted by Crippen LogP contribution is -2.11. The van der Waals surface area contributed by atoms with Crippen molar-refractivity contribution >= 4 is 29.1 Å². The summed E-state index contributed by atoms with van der Waals surface area (Å²) in [6.45, 7) is 0. The van der Waals surface area contributed by atoms with Crippen molar-refractivity contribution in [1.29, 1.82) is 0 Å². The number of thiazole rings is 1. The highest BCUT2D eigenvalue weighted by molar-refractivity contribution is 7.07. The second-order valence-electron chi connectivity index (χ2n) is 6.77. The number of furan rings is 1. The quantitative estimate of drug-likeness (QED) is 0.202. The molecule has 0 amide bonds. The van der Waals surface area contributed by atoms with Crippen LogP contribution in [-0.4, -0.2) is 37.1 Å². The third kappa shape index (κ3) is 4.84. The highest BCUT2D eigenvalue weighted by Gasteiger charge is 2.15. The Morgan fingerprint density at radius 3 is 2.38 bits per heavy atom. The summed E-state index contributed by atoms with van der Waals surface area (Å²) in [7, 11) is 4.76. The number of ether oxygens (including phenoxy) is 3. The van der Waals surface area contributed by atoms with Crippen molar-refractivity contribution in [3.05, 3.63) is 80.7 Å². The number of hydrogen-bond donors (Lipinski definition) is 0. The van der Waals surface area contributed by atoms with Gasteiger partial charge in [0, 0.05) is 10.9 Å². The van der Waals surface area contributed by atoms with Crippen molar-refractivity contribution in [2.24, 2.45) is 10.1 Å². The summed E-state index contributed by atoms with van der Waals surface area (Å²) in [5.41, 5.74) is 2.12. The molecule has 0 aliphatic heterocycles. The third-order valence-electron chi connectivity index (χ3n) is 4.76. The molecular weight excluding hydrogens is 460 g/mol. The Morgan fingerprint density at radius 2 is 1.74 bits per heavy atom. The van der Waals surface area contributed by atoms with Gasteiger partial charge in [0.05, 0.1) is 45.0 Å². The Labute approximate surface area is 198 Å². The predicted molar refractivity (Wildman–Crippen MR) is 127 cm³/mol. The van der Waals surface area contributed by atoms with E-state index in [4.69, 9.17) is 23.6 Å². The average Bonchev–Trinajstić information content (AvgIpc) is 3.50. The molecule has 0 radical (unpaired) electrons. The van der Waals surface area contributed by atoms with Gasteiger partial charge in [-0.1, -0.05) is 0 Å². The molecule has 11 heteroatoms. The SMILES string of the molecule is COc1ccc(N=c2scc(-c3cc(OC)ccc3OC)n2N=Cc2ccc([N+](=O)[O-])o2)cc1. The van der Waals surface area contributed by atoms with E-state index in [1.807, 2.05) is 35.7 Å². The van der Waals surface area contributed by atoms with Crippen LogP contribution in [0.25, 0.3) is 11.3 Å². The first kappa shape index (κ1) is 22.8. The summed E-state index contributed by atoms with van der Waals surface area (Å²) < 4.78 is 23.0. The highest BCUT2D eigenvalue weighted by atomic mass is 32.1. The maximum Gasteiger partial charge on any atom is 0.433 e. The van der Waals surface area contributed by atoms with E-state index in [0.29, 0.717) is 27.7 Å². The molecule has 0 saturated carbocycles. The smallest absolute Gasteiger partial charge is 0.433 e. The van der Waals surface area contributed by atoms with Crippen molar-refractivity contribution in [2.45, 2.75) is 0 Å². The molecule has 10 nitrogen and oxygen atoms in total. The summed E-state index contributed by atoms with van der Waals surface area (Å²) in [4.78, 5) is 15.6. The standard InChI is InChI=1S/C23H20N4O6S/c1-30-16-6-4-15(5-7-16)25-23-26(24-13-18-9-11-22(33-18)27(28)29)20(14-34-23)19-12-17(31-2)8-10-21(19)32-3/h4-14H,1-3H3. The van der Waals surface area contributed by atoms with E-state index in [2.05, 4.69) is 5.10 Å². The number of hydrogen-bond acceptors (Lipinski definition) is 9. The summed E-state index contributed by atoms with van der Waals surface area (Å²) in [5, 5.41) is 17.3. The van der Waals surface area contributed by atoms with Crippen molar-refractivity contribution in [1.82, 2.24) is 4.68 Å². The van der Waals surface area contributed by atoms with E-state index < -0.39 is 4.92 Å². The molecule has 2 aromatic heterocycles. The first-order chi connectivity index (χ1) is 16.5.